The molecule has 0 saturated carbocycles. The first kappa shape index (κ1) is 13.1. The fraction of sp³-hybridized carbons (Fsp3) is 0.429. The molecule has 0 spiro atoms. The number of hydrogen-bond acceptors (Lipinski definition) is 6. The highest BCUT2D eigenvalue weighted by atomic mass is 16.5. The molecule has 2 aromatic rings. The van der Waals surface area contributed by atoms with Crippen LogP contribution in [0, 0.1) is 0 Å². The molecule has 20 heavy (non-hydrogen) atoms. The molecule has 2 unspecified atom stereocenters. The van der Waals surface area contributed by atoms with Crippen LogP contribution in [0.5, 0.6) is 5.75 Å². The average molecular weight is 275 g/mol. The second-order valence-corrected chi connectivity index (χ2v) is 4.69. The Bertz CT molecular complexity index is 544. The third-order valence-electron chi connectivity index (χ3n) is 3.36. The number of nitrogens with one attached hydrogen (secondary N) is 1. The van der Waals surface area contributed by atoms with Gasteiger partial charge in [0.1, 0.15) is 5.75 Å². The van der Waals surface area contributed by atoms with Gasteiger partial charge in [0.15, 0.2) is 6.61 Å². The molecular weight excluding hydrogens is 258 g/mol. The van der Waals surface area contributed by atoms with Crippen molar-refractivity contribution in [3.05, 3.63) is 42.0 Å². The molecule has 1 N–H and O–H groups in total. The van der Waals surface area contributed by atoms with Gasteiger partial charge in [0.05, 0.1) is 19.1 Å². The normalized spacial score (nSPS) is 22.1. The van der Waals surface area contributed by atoms with Crippen molar-refractivity contribution in [2.75, 3.05) is 20.3 Å². The Labute approximate surface area is 117 Å². The predicted octanol–water partition coefficient (Wildman–Crippen LogP) is 1.35. The molecule has 2 heterocycles. The van der Waals surface area contributed by atoms with Gasteiger partial charge in [-0.3, -0.25) is 0 Å². The minimum atomic E-state index is 0.109. The highest BCUT2D eigenvalue weighted by Crippen LogP contribution is 2.24. The Balaban J connectivity index is 1.62. The Hall–Kier alpha value is -1.92. The van der Waals surface area contributed by atoms with Gasteiger partial charge < -0.3 is 19.3 Å². The smallest absolute Gasteiger partial charge is 0.233 e. The van der Waals surface area contributed by atoms with E-state index < -0.39 is 0 Å². The zero-order valence-corrected chi connectivity index (χ0v) is 11.3. The molecule has 1 aliphatic rings. The summed E-state index contributed by atoms with van der Waals surface area (Å²) in [6, 6.07) is 9.79. The molecule has 0 radical (unpaired) electrons. The van der Waals surface area contributed by atoms with Gasteiger partial charge in [0.25, 0.3) is 0 Å². The lowest BCUT2D eigenvalue weighted by Crippen LogP contribution is -2.31. The number of para-hydroxylation sites is 1. The van der Waals surface area contributed by atoms with Gasteiger partial charge in [0.2, 0.25) is 11.7 Å². The Morgan fingerprint density at radius 1 is 1.30 bits per heavy atom. The van der Waals surface area contributed by atoms with Crippen molar-refractivity contribution in [2.45, 2.75) is 18.6 Å². The predicted molar refractivity (Wildman–Crippen MR) is 71.5 cm³/mol. The van der Waals surface area contributed by atoms with Crippen molar-refractivity contribution in [1.82, 2.24) is 15.5 Å². The van der Waals surface area contributed by atoms with Crippen molar-refractivity contribution in [2.24, 2.45) is 0 Å². The fourth-order valence-corrected chi connectivity index (χ4v) is 2.22. The Morgan fingerprint density at radius 3 is 2.95 bits per heavy atom. The quantitative estimate of drug-likeness (QED) is 0.888. The number of ether oxygens (including phenoxy) is 2. The summed E-state index contributed by atoms with van der Waals surface area (Å²) >= 11 is 0. The number of hydrogen-bond donors (Lipinski definition) is 1. The van der Waals surface area contributed by atoms with Gasteiger partial charge in [-0.25, -0.2) is 0 Å². The van der Waals surface area contributed by atoms with Crippen molar-refractivity contribution < 1.29 is 14.0 Å². The monoisotopic (exact) mass is 275 g/mol. The topological polar surface area (TPSA) is 69.4 Å². The Kier molecular flexibility index (Phi) is 3.94. The molecular formula is C14H17N3O3. The lowest BCUT2D eigenvalue weighted by atomic mass is 10.0. The van der Waals surface area contributed by atoms with Crippen molar-refractivity contribution in [3.63, 3.8) is 0 Å². The van der Waals surface area contributed by atoms with E-state index in [1.807, 2.05) is 37.4 Å². The van der Waals surface area contributed by atoms with Crippen molar-refractivity contribution >= 4 is 0 Å². The zero-order valence-electron chi connectivity index (χ0n) is 11.3. The average Bonchev–Trinajstić information content (AvgIpc) is 3.14. The van der Waals surface area contributed by atoms with Crippen LogP contribution in [-0.2, 0) is 11.3 Å². The van der Waals surface area contributed by atoms with Gasteiger partial charge in [-0.1, -0.05) is 23.4 Å². The minimum Gasteiger partial charge on any atom is -0.485 e. The number of aromatic nitrogens is 2. The first-order chi connectivity index (χ1) is 9.86. The summed E-state index contributed by atoms with van der Waals surface area (Å²) in [7, 11) is 1.90. The van der Waals surface area contributed by atoms with E-state index in [2.05, 4.69) is 15.5 Å². The number of nitrogens with zero attached hydrogens (tertiary/aromatic N) is 2. The Morgan fingerprint density at radius 2 is 2.15 bits per heavy atom. The highest BCUT2D eigenvalue weighted by Gasteiger charge is 2.32. The first-order valence-electron chi connectivity index (χ1n) is 6.62. The van der Waals surface area contributed by atoms with E-state index in [4.69, 9.17) is 14.0 Å². The molecule has 0 aliphatic carbocycles. The fourth-order valence-electron chi connectivity index (χ4n) is 2.22. The summed E-state index contributed by atoms with van der Waals surface area (Å²) in [5, 5.41) is 7.15. The van der Waals surface area contributed by atoms with Crippen LogP contribution in [0.3, 0.4) is 0 Å². The molecule has 1 saturated heterocycles. The number of rotatable bonds is 5. The number of benzene rings is 1. The highest BCUT2D eigenvalue weighted by molar-refractivity contribution is 5.21. The van der Waals surface area contributed by atoms with E-state index in [1.54, 1.807) is 0 Å². The summed E-state index contributed by atoms with van der Waals surface area (Å²) in [5.41, 5.74) is 0. The summed E-state index contributed by atoms with van der Waals surface area (Å²) in [4.78, 5) is 4.38. The molecule has 1 aromatic carbocycles. The lowest BCUT2D eigenvalue weighted by Gasteiger charge is -2.11. The van der Waals surface area contributed by atoms with E-state index in [0.29, 0.717) is 31.5 Å². The number of likely N-dealkylation sites (N-methyl/N-ethyl adjacent to an activating group) is 1. The second kappa shape index (κ2) is 6.02. The van der Waals surface area contributed by atoms with Crippen LogP contribution in [0.4, 0.5) is 0 Å². The molecule has 3 rings (SSSR count). The van der Waals surface area contributed by atoms with Crippen LogP contribution in [0.25, 0.3) is 0 Å². The van der Waals surface area contributed by atoms with Crippen LogP contribution in [-0.4, -0.2) is 36.4 Å². The van der Waals surface area contributed by atoms with E-state index in [-0.39, 0.29) is 12.0 Å². The lowest BCUT2D eigenvalue weighted by molar-refractivity contribution is 0.185. The maximum absolute atomic E-state index is 5.59. The SMILES string of the molecule is CNC1COCC1c1nc(COc2ccccc2)no1. The van der Waals surface area contributed by atoms with Gasteiger partial charge in [0, 0.05) is 6.04 Å². The van der Waals surface area contributed by atoms with Crippen LogP contribution in [0.1, 0.15) is 17.6 Å². The van der Waals surface area contributed by atoms with E-state index in [1.165, 1.54) is 0 Å². The van der Waals surface area contributed by atoms with E-state index in [0.717, 1.165) is 5.75 Å². The minimum absolute atomic E-state index is 0.109. The van der Waals surface area contributed by atoms with Crippen LogP contribution in [0.15, 0.2) is 34.9 Å². The molecule has 6 nitrogen and oxygen atoms in total. The first-order valence-corrected chi connectivity index (χ1v) is 6.62. The third-order valence-corrected chi connectivity index (χ3v) is 3.36. The second-order valence-electron chi connectivity index (χ2n) is 4.69. The largest absolute Gasteiger partial charge is 0.485 e. The standard InChI is InChI=1S/C14H17N3O3/c1-15-12-8-18-7-11(12)14-16-13(17-20-14)9-19-10-5-3-2-4-6-10/h2-6,11-12,15H,7-9H2,1H3. The molecule has 0 bridgehead atoms. The molecule has 1 aliphatic heterocycles. The molecule has 1 fully saturated rings. The molecule has 106 valence electrons. The summed E-state index contributed by atoms with van der Waals surface area (Å²) in [6.07, 6.45) is 0. The molecule has 6 heteroatoms. The van der Waals surface area contributed by atoms with Crippen molar-refractivity contribution in [3.8, 4) is 5.75 Å². The van der Waals surface area contributed by atoms with Gasteiger partial charge >= 0.3 is 0 Å². The summed E-state index contributed by atoms with van der Waals surface area (Å²) in [5.74, 6) is 2.05. The van der Waals surface area contributed by atoms with Crippen LogP contribution >= 0.6 is 0 Å². The van der Waals surface area contributed by atoms with Gasteiger partial charge in [-0.05, 0) is 19.2 Å². The van der Waals surface area contributed by atoms with Gasteiger partial charge in [-0.15, -0.1) is 0 Å². The summed E-state index contributed by atoms with van der Waals surface area (Å²) in [6.45, 7) is 1.57. The van der Waals surface area contributed by atoms with Gasteiger partial charge in [-0.2, -0.15) is 4.98 Å². The van der Waals surface area contributed by atoms with Crippen molar-refractivity contribution in [1.29, 1.82) is 0 Å². The zero-order chi connectivity index (χ0) is 13.8. The summed E-state index contributed by atoms with van der Waals surface area (Å²) < 4.78 is 16.3. The molecule has 2 atom stereocenters. The molecule has 0 amide bonds. The maximum Gasteiger partial charge on any atom is 0.233 e. The maximum atomic E-state index is 5.59. The van der Waals surface area contributed by atoms with E-state index >= 15 is 0 Å². The van der Waals surface area contributed by atoms with Crippen LogP contribution in [0.2, 0.25) is 0 Å². The van der Waals surface area contributed by atoms with E-state index in [9.17, 15) is 0 Å². The molecule has 1 aromatic heterocycles. The third kappa shape index (κ3) is 2.81. The van der Waals surface area contributed by atoms with Crippen LogP contribution < -0.4 is 10.1 Å².